The molecule has 2 heterocycles. The Hall–Kier alpha value is -2.43. The minimum atomic E-state index is 0.458. The highest BCUT2D eigenvalue weighted by atomic mass is 35.5. The van der Waals surface area contributed by atoms with Crippen LogP contribution in [0.25, 0.3) is 33.8 Å². The zero-order valence-electron chi connectivity index (χ0n) is 13.4. The maximum absolute atomic E-state index is 6.09. The van der Waals surface area contributed by atoms with Crippen LogP contribution >= 0.6 is 23.2 Å². The maximum atomic E-state index is 6.09. The molecule has 0 aliphatic rings. The summed E-state index contributed by atoms with van der Waals surface area (Å²) in [4.78, 5) is 17.2. The predicted octanol–water partition coefficient (Wildman–Crippen LogP) is 5.56. The lowest BCUT2D eigenvalue weighted by atomic mass is 10.1. The van der Waals surface area contributed by atoms with Gasteiger partial charge in [0.25, 0.3) is 0 Å². The SMILES string of the molecule is CCc1[nH]c(-c2cnc3cc(Cl)c(Cl)cc3n2)nc1-c1ccccc1. The normalized spacial score (nSPS) is 11.2. The molecule has 0 unspecified atom stereocenters. The van der Waals surface area contributed by atoms with Gasteiger partial charge in [0, 0.05) is 11.3 Å². The van der Waals surface area contributed by atoms with E-state index in [1.54, 1.807) is 18.3 Å². The number of aryl methyl sites for hydroxylation is 1. The minimum Gasteiger partial charge on any atom is -0.340 e. The molecule has 0 aliphatic carbocycles. The molecule has 0 bridgehead atoms. The van der Waals surface area contributed by atoms with Gasteiger partial charge in [0.2, 0.25) is 0 Å². The summed E-state index contributed by atoms with van der Waals surface area (Å²) in [6, 6.07) is 13.5. The predicted molar refractivity (Wildman–Crippen MR) is 102 cm³/mol. The molecule has 0 amide bonds. The third-order valence-corrected chi connectivity index (χ3v) is 4.73. The summed E-state index contributed by atoms with van der Waals surface area (Å²) in [6.07, 6.45) is 2.54. The Kier molecular flexibility index (Phi) is 4.15. The van der Waals surface area contributed by atoms with Gasteiger partial charge in [-0.05, 0) is 18.6 Å². The van der Waals surface area contributed by atoms with Gasteiger partial charge < -0.3 is 4.98 Å². The van der Waals surface area contributed by atoms with Crippen LogP contribution in [0.3, 0.4) is 0 Å². The largest absolute Gasteiger partial charge is 0.340 e. The number of hydrogen-bond acceptors (Lipinski definition) is 3. The van der Waals surface area contributed by atoms with Crippen LogP contribution in [-0.2, 0) is 6.42 Å². The highest BCUT2D eigenvalue weighted by Crippen LogP contribution is 2.29. The maximum Gasteiger partial charge on any atom is 0.158 e. The van der Waals surface area contributed by atoms with E-state index in [9.17, 15) is 0 Å². The molecule has 0 atom stereocenters. The average molecular weight is 369 g/mol. The zero-order valence-corrected chi connectivity index (χ0v) is 14.9. The molecule has 0 saturated carbocycles. The molecule has 0 aliphatic heterocycles. The van der Waals surface area contributed by atoms with E-state index >= 15 is 0 Å². The summed E-state index contributed by atoms with van der Waals surface area (Å²) in [6.45, 7) is 2.09. The van der Waals surface area contributed by atoms with Gasteiger partial charge >= 0.3 is 0 Å². The topological polar surface area (TPSA) is 54.5 Å². The first-order chi connectivity index (χ1) is 12.2. The van der Waals surface area contributed by atoms with Crippen LogP contribution < -0.4 is 0 Å². The second-order valence-electron chi connectivity index (χ2n) is 5.64. The standard InChI is InChI=1S/C19H14Cl2N4/c1-2-14-18(11-6-4-3-5-7-11)25-19(24-14)17-10-22-15-8-12(20)13(21)9-16(15)23-17/h3-10H,2H2,1H3,(H,24,25). The number of imidazole rings is 1. The number of halogens is 2. The Morgan fingerprint density at radius 2 is 1.68 bits per heavy atom. The van der Waals surface area contributed by atoms with Crippen molar-refractivity contribution in [1.82, 2.24) is 19.9 Å². The van der Waals surface area contributed by atoms with Gasteiger partial charge in [-0.15, -0.1) is 0 Å². The van der Waals surface area contributed by atoms with Crippen LogP contribution in [0.4, 0.5) is 0 Å². The molecule has 25 heavy (non-hydrogen) atoms. The fourth-order valence-electron chi connectivity index (χ4n) is 2.74. The molecular formula is C19H14Cl2N4. The van der Waals surface area contributed by atoms with Crippen molar-refractivity contribution in [2.45, 2.75) is 13.3 Å². The summed E-state index contributed by atoms with van der Waals surface area (Å²) < 4.78 is 0. The first-order valence-electron chi connectivity index (χ1n) is 7.92. The first-order valence-corrected chi connectivity index (χ1v) is 8.67. The average Bonchev–Trinajstić information content (AvgIpc) is 3.07. The van der Waals surface area contributed by atoms with Crippen LogP contribution in [-0.4, -0.2) is 19.9 Å². The van der Waals surface area contributed by atoms with Crippen molar-refractivity contribution >= 4 is 34.2 Å². The molecule has 124 valence electrons. The van der Waals surface area contributed by atoms with Crippen molar-refractivity contribution in [2.24, 2.45) is 0 Å². The number of fused-ring (bicyclic) bond motifs is 1. The molecule has 4 nitrogen and oxygen atoms in total. The van der Waals surface area contributed by atoms with Gasteiger partial charge in [-0.3, -0.25) is 4.98 Å². The Morgan fingerprint density at radius 3 is 2.40 bits per heavy atom. The van der Waals surface area contributed by atoms with E-state index in [0.717, 1.165) is 23.4 Å². The molecule has 0 saturated heterocycles. The fraction of sp³-hybridized carbons (Fsp3) is 0.105. The quantitative estimate of drug-likeness (QED) is 0.515. The molecule has 0 radical (unpaired) electrons. The summed E-state index contributed by atoms with van der Waals surface area (Å²) in [5.41, 5.74) is 5.13. The molecule has 1 N–H and O–H groups in total. The Labute approximate surface area is 154 Å². The summed E-state index contributed by atoms with van der Waals surface area (Å²) >= 11 is 12.1. The third-order valence-electron chi connectivity index (χ3n) is 4.01. The van der Waals surface area contributed by atoms with Crippen molar-refractivity contribution in [3.8, 4) is 22.8 Å². The van der Waals surface area contributed by atoms with Gasteiger partial charge in [0.1, 0.15) is 5.69 Å². The Morgan fingerprint density at radius 1 is 0.960 bits per heavy atom. The lowest BCUT2D eigenvalue weighted by Gasteiger charge is -2.02. The van der Waals surface area contributed by atoms with E-state index in [1.807, 2.05) is 30.3 Å². The van der Waals surface area contributed by atoms with Gasteiger partial charge in [-0.25, -0.2) is 9.97 Å². The van der Waals surface area contributed by atoms with E-state index in [-0.39, 0.29) is 0 Å². The van der Waals surface area contributed by atoms with Crippen LogP contribution in [0.15, 0.2) is 48.7 Å². The summed E-state index contributed by atoms with van der Waals surface area (Å²) in [7, 11) is 0. The van der Waals surface area contributed by atoms with E-state index in [4.69, 9.17) is 28.2 Å². The number of aromatic amines is 1. The first kappa shape index (κ1) is 16.1. The van der Waals surface area contributed by atoms with Gasteiger partial charge in [-0.2, -0.15) is 0 Å². The number of rotatable bonds is 3. The van der Waals surface area contributed by atoms with Crippen molar-refractivity contribution in [3.05, 3.63) is 64.4 Å². The molecule has 4 rings (SSSR count). The van der Waals surface area contributed by atoms with Crippen LogP contribution in [0, 0.1) is 0 Å². The Bertz CT molecular complexity index is 1060. The number of nitrogens with one attached hydrogen (secondary N) is 1. The number of nitrogens with zero attached hydrogens (tertiary/aromatic N) is 3. The highest BCUT2D eigenvalue weighted by molar-refractivity contribution is 6.42. The van der Waals surface area contributed by atoms with E-state index in [1.165, 1.54) is 0 Å². The van der Waals surface area contributed by atoms with E-state index < -0.39 is 0 Å². The van der Waals surface area contributed by atoms with Gasteiger partial charge in [-0.1, -0.05) is 60.5 Å². The fourth-order valence-corrected chi connectivity index (χ4v) is 3.06. The molecular weight excluding hydrogens is 355 g/mol. The van der Waals surface area contributed by atoms with Crippen LogP contribution in [0.2, 0.25) is 10.0 Å². The third kappa shape index (κ3) is 2.99. The van der Waals surface area contributed by atoms with Gasteiger partial charge in [0.15, 0.2) is 5.82 Å². The highest BCUT2D eigenvalue weighted by Gasteiger charge is 2.14. The van der Waals surface area contributed by atoms with Crippen LogP contribution in [0.1, 0.15) is 12.6 Å². The van der Waals surface area contributed by atoms with Crippen molar-refractivity contribution < 1.29 is 0 Å². The second kappa shape index (κ2) is 6.47. The number of hydrogen-bond donors (Lipinski definition) is 1. The number of aromatic nitrogens is 4. The molecule has 6 heteroatoms. The lowest BCUT2D eigenvalue weighted by molar-refractivity contribution is 1.06. The number of benzene rings is 2. The van der Waals surface area contributed by atoms with Crippen molar-refractivity contribution in [3.63, 3.8) is 0 Å². The smallest absolute Gasteiger partial charge is 0.158 e. The van der Waals surface area contributed by atoms with Gasteiger partial charge in [0.05, 0.1) is 33.0 Å². The molecule has 4 aromatic rings. The van der Waals surface area contributed by atoms with Crippen molar-refractivity contribution in [1.29, 1.82) is 0 Å². The molecule has 2 aromatic heterocycles. The zero-order chi connectivity index (χ0) is 17.4. The summed E-state index contributed by atoms with van der Waals surface area (Å²) in [5, 5.41) is 0.924. The molecule has 2 aromatic carbocycles. The minimum absolute atomic E-state index is 0.458. The second-order valence-corrected chi connectivity index (χ2v) is 6.46. The molecule has 0 spiro atoms. The van der Waals surface area contributed by atoms with E-state index in [0.29, 0.717) is 32.6 Å². The van der Waals surface area contributed by atoms with Crippen molar-refractivity contribution in [2.75, 3.05) is 0 Å². The number of H-pyrrole nitrogens is 1. The summed E-state index contributed by atoms with van der Waals surface area (Å²) in [5.74, 6) is 0.691. The monoisotopic (exact) mass is 368 g/mol. The van der Waals surface area contributed by atoms with Crippen LogP contribution in [0.5, 0.6) is 0 Å². The van der Waals surface area contributed by atoms with E-state index in [2.05, 4.69) is 21.9 Å². The Balaban J connectivity index is 1.83. The lowest BCUT2D eigenvalue weighted by Crippen LogP contribution is -1.91. The molecule has 0 fully saturated rings.